The van der Waals surface area contributed by atoms with Gasteiger partial charge in [-0.25, -0.2) is 19.2 Å². The first-order valence-corrected chi connectivity index (χ1v) is 11.8. The van der Waals surface area contributed by atoms with Crippen LogP contribution in [-0.4, -0.2) is 80.6 Å². The first-order valence-electron chi connectivity index (χ1n) is 11.8. The average Bonchev–Trinajstić information content (AvgIpc) is 3.37. The Morgan fingerprint density at radius 2 is 1.95 bits per heavy atom. The van der Waals surface area contributed by atoms with Crippen molar-refractivity contribution in [2.45, 2.75) is 38.1 Å². The summed E-state index contributed by atoms with van der Waals surface area (Å²) < 4.78 is 18.9. The van der Waals surface area contributed by atoms with Crippen LogP contribution in [0.2, 0.25) is 0 Å². The highest BCUT2D eigenvalue weighted by Crippen LogP contribution is 2.30. The number of nitrogens with zero attached hydrogens (tertiary/aromatic N) is 4. The number of nitrogens with one attached hydrogen (secondary N) is 1. The number of carbonyl (C=O) groups is 4. The Balaban J connectivity index is 1.70. The fourth-order valence-corrected chi connectivity index (χ4v) is 4.64. The number of rotatable bonds is 9. The van der Waals surface area contributed by atoms with Crippen LogP contribution in [0.25, 0.3) is 0 Å². The molecule has 2 aromatic rings. The van der Waals surface area contributed by atoms with Crippen molar-refractivity contribution in [3.8, 4) is 0 Å². The van der Waals surface area contributed by atoms with Gasteiger partial charge in [-0.05, 0) is 36.2 Å². The van der Waals surface area contributed by atoms with Crippen LogP contribution in [0, 0.1) is 5.82 Å². The number of urea groups is 1. The van der Waals surface area contributed by atoms with E-state index in [1.54, 1.807) is 29.3 Å². The summed E-state index contributed by atoms with van der Waals surface area (Å²) in [5.41, 5.74) is 0.672. The van der Waals surface area contributed by atoms with Gasteiger partial charge in [0.15, 0.2) is 0 Å². The summed E-state index contributed by atoms with van der Waals surface area (Å²) in [6, 6.07) is 7.51. The number of carbonyl (C=O) groups excluding carboxylic acids is 3. The summed E-state index contributed by atoms with van der Waals surface area (Å²) in [6.45, 7) is 3.75. The topological polar surface area (TPSA) is 127 Å². The third-order valence-corrected chi connectivity index (χ3v) is 6.27. The molecule has 196 valence electrons. The molecule has 1 aromatic carbocycles. The number of piperazine rings is 1. The molecule has 2 aliphatic heterocycles. The number of fused-ring (bicyclic) bond motifs is 1. The van der Waals surface area contributed by atoms with E-state index in [4.69, 9.17) is 4.42 Å². The van der Waals surface area contributed by atoms with Crippen molar-refractivity contribution in [3.63, 3.8) is 0 Å². The van der Waals surface area contributed by atoms with Gasteiger partial charge < -0.3 is 24.6 Å². The van der Waals surface area contributed by atoms with Gasteiger partial charge in [-0.3, -0.25) is 14.4 Å². The number of aliphatic carboxylic acids is 1. The molecule has 12 heteroatoms. The van der Waals surface area contributed by atoms with Crippen molar-refractivity contribution in [2.75, 3.05) is 19.6 Å². The van der Waals surface area contributed by atoms with Crippen molar-refractivity contribution < 1.29 is 33.1 Å². The molecule has 0 radical (unpaired) electrons. The number of hydrazine groups is 1. The van der Waals surface area contributed by atoms with E-state index in [9.17, 15) is 28.7 Å². The molecule has 0 unspecified atom stereocenters. The first-order chi connectivity index (χ1) is 17.8. The van der Waals surface area contributed by atoms with E-state index < -0.39 is 41.8 Å². The maximum Gasteiger partial charge on any atom is 0.334 e. The van der Waals surface area contributed by atoms with Gasteiger partial charge >= 0.3 is 12.0 Å². The maximum atomic E-state index is 13.5. The SMILES string of the molecule is C=CCNC(=O)N1[C@H]2CN(Cc3ccco3)C(=O)[C@H](CCC(=O)O)N2C(=O)CN1Cc1ccc(F)cc1. The highest BCUT2D eigenvalue weighted by molar-refractivity contribution is 5.91. The Kier molecular flexibility index (Phi) is 7.87. The number of halogens is 1. The zero-order valence-corrected chi connectivity index (χ0v) is 20.1. The fourth-order valence-electron chi connectivity index (χ4n) is 4.64. The summed E-state index contributed by atoms with van der Waals surface area (Å²) in [7, 11) is 0. The third kappa shape index (κ3) is 5.80. The monoisotopic (exact) mass is 513 g/mol. The molecule has 0 bridgehead atoms. The summed E-state index contributed by atoms with van der Waals surface area (Å²) in [6.07, 6.45) is 1.65. The summed E-state index contributed by atoms with van der Waals surface area (Å²) in [4.78, 5) is 54.3. The molecule has 2 aliphatic rings. The number of benzene rings is 1. The second kappa shape index (κ2) is 11.2. The van der Waals surface area contributed by atoms with Crippen molar-refractivity contribution in [1.29, 1.82) is 0 Å². The normalized spacial score (nSPS) is 20.1. The summed E-state index contributed by atoms with van der Waals surface area (Å²) in [5.74, 6) is -1.84. The van der Waals surface area contributed by atoms with E-state index in [1.165, 1.54) is 39.3 Å². The van der Waals surface area contributed by atoms with Crippen LogP contribution in [-0.2, 0) is 27.5 Å². The van der Waals surface area contributed by atoms with E-state index in [1.807, 2.05) is 0 Å². The van der Waals surface area contributed by atoms with E-state index >= 15 is 0 Å². The van der Waals surface area contributed by atoms with Gasteiger partial charge in [0.05, 0.1) is 25.9 Å². The lowest BCUT2D eigenvalue weighted by molar-refractivity contribution is -0.193. The third-order valence-electron chi connectivity index (χ3n) is 6.27. The molecular weight excluding hydrogens is 485 g/mol. The van der Waals surface area contributed by atoms with Crippen molar-refractivity contribution in [2.24, 2.45) is 0 Å². The maximum absolute atomic E-state index is 13.5. The molecule has 2 saturated heterocycles. The molecule has 2 fully saturated rings. The molecule has 2 N–H and O–H groups in total. The Bertz CT molecular complexity index is 1150. The van der Waals surface area contributed by atoms with E-state index in [0.717, 1.165) is 0 Å². The average molecular weight is 514 g/mol. The highest BCUT2D eigenvalue weighted by Gasteiger charge is 2.51. The van der Waals surface area contributed by atoms with Crippen LogP contribution < -0.4 is 5.32 Å². The number of hydrogen-bond acceptors (Lipinski definition) is 6. The smallest absolute Gasteiger partial charge is 0.334 e. The van der Waals surface area contributed by atoms with Crippen LogP contribution in [0.5, 0.6) is 0 Å². The molecule has 1 aromatic heterocycles. The molecule has 0 saturated carbocycles. The van der Waals surface area contributed by atoms with Gasteiger partial charge in [-0.15, -0.1) is 6.58 Å². The van der Waals surface area contributed by atoms with E-state index in [0.29, 0.717) is 11.3 Å². The second-order valence-corrected chi connectivity index (χ2v) is 8.80. The predicted molar refractivity (Wildman–Crippen MR) is 128 cm³/mol. The lowest BCUT2D eigenvalue weighted by atomic mass is 10.0. The van der Waals surface area contributed by atoms with Gasteiger partial charge in [0, 0.05) is 19.5 Å². The predicted octanol–water partition coefficient (Wildman–Crippen LogP) is 1.78. The van der Waals surface area contributed by atoms with Crippen LogP contribution in [0.15, 0.2) is 59.7 Å². The quantitative estimate of drug-likeness (QED) is 0.490. The Labute approximate surface area is 212 Å². The van der Waals surface area contributed by atoms with Crippen LogP contribution >= 0.6 is 0 Å². The standard InChI is InChI=1S/C25H28FN5O6/c1-2-11-27-25(36)31-21-15-28(14-19-4-3-12-37-19)24(35)20(9-10-23(33)34)30(21)22(32)16-29(31)13-17-5-7-18(26)8-6-17/h2-8,12,20-21H,1,9-11,13-16H2,(H,27,36)(H,33,34)/t20-,21-/m0/s1. The zero-order chi connectivity index (χ0) is 26.5. The van der Waals surface area contributed by atoms with Crippen molar-refractivity contribution >= 4 is 23.8 Å². The number of amides is 4. The second-order valence-electron chi connectivity index (χ2n) is 8.80. The molecular formula is C25H28FN5O6. The van der Waals surface area contributed by atoms with E-state index in [2.05, 4.69) is 11.9 Å². The molecule has 0 spiro atoms. The van der Waals surface area contributed by atoms with Gasteiger partial charge in [0.1, 0.15) is 23.8 Å². The van der Waals surface area contributed by atoms with Crippen LogP contribution in [0.4, 0.5) is 9.18 Å². The first kappa shape index (κ1) is 25.9. The number of furan rings is 1. The molecule has 11 nitrogen and oxygen atoms in total. The molecule has 37 heavy (non-hydrogen) atoms. The fraction of sp³-hybridized carbons (Fsp3) is 0.360. The zero-order valence-electron chi connectivity index (χ0n) is 20.1. The van der Waals surface area contributed by atoms with Crippen molar-refractivity contribution in [3.05, 3.63) is 72.5 Å². The number of carboxylic acid groups (broad SMARTS) is 1. The number of carboxylic acids is 1. The number of hydrogen-bond donors (Lipinski definition) is 2. The summed E-state index contributed by atoms with van der Waals surface area (Å²) in [5, 5.41) is 14.9. The molecule has 4 amide bonds. The van der Waals surface area contributed by atoms with Gasteiger partial charge in [-0.1, -0.05) is 18.2 Å². The van der Waals surface area contributed by atoms with Crippen molar-refractivity contribution in [1.82, 2.24) is 25.1 Å². The van der Waals surface area contributed by atoms with Gasteiger partial charge in [0.25, 0.3) is 0 Å². The molecule has 3 heterocycles. The Morgan fingerprint density at radius 1 is 1.19 bits per heavy atom. The minimum absolute atomic E-state index is 0.0176. The van der Waals surface area contributed by atoms with Gasteiger partial charge in [0.2, 0.25) is 11.8 Å². The lowest BCUT2D eigenvalue weighted by Crippen LogP contribution is -2.76. The van der Waals surface area contributed by atoms with Gasteiger partial charge in [-0.2, -0.15) is 0 Å². The minimum Gasteiger partial charge on any atom is -0.481 e. The lowest BCUT2D eigenvalue weighted by Gasteiger charge is -2.55. The molecule has 4 rings (SSSR count). The Hall–Kier alpha value is -4.19. The molecule has 2 atom stereocenters. The van der Waals surface area contributed by atoms with Crippen LogP contribution in [0.3, 0.4) is 0 Å². The van der Waals surface area contributed by atoms with E-state index in [-0.39, 0.29) is 45.6 Å². The largest absolute Gasteiger partial charge is 0.481 e. The minimum atomic E-state index is -1.10. The Morgan fingerprint density at radius 3 is 2.59 bits per heavy atom. The van der Waals surface area contributed by atoms with Crippen LogP contribution in [0.1, 0.15) is 24.2 Å². The summed E-state index contributed by atoms with van der Waals surface area (Å²) >= 11 is 0. The molecule has 0 aliphatic carbocycles. The highest BCUT2D eigenvalue weighted by atomic mass is 19.1.